The minimum Gasteiger partial charge on any atom is -0.464 e. The maximum atomic E-state index is 12.9. The molecule has 4 aromatic rings. The van der Waals surface area contributed by atoms with Gasteiger partial charge in [0, 0.05) is 111 Å². The van der Waals surface area contributed by atoms with E-state index in [2.05, 4.69) is 59.3 Å². The summed E-state index contributed by atoms with van der Waals surface area (Å²) in [6, 6.07) is 23.5. The molecule has 0 bridgehead atoms. The van der Waals surface area contributed by atoms with Crippen molar-refractivity contribution in [3.05, 3.63) is 116 Å². The molecule has 4 aliphatic heterocycles. The van der Waals surface area contributed by atoms with E-state index in [4.69, 9.17) is 32.7 Å². The first-order valence-electron chi connectivity index (χ1n) is 23.7. The topological polar surface area (TPSA) is 132 Å². The summed E-state index contributed by atoms with van der Waals surface area (Å²) in [5, 5.41) is 1.28. The number of ether oxygens (including phenoxy) is 2. The number of nitrogens with zero attached hydrogens (tertiary/aromatic N) is 8. The number of aromatic nitrogens is 2. The summed E-state index contributed by atoms with van der Waals surface area (Å²) in [5.41, 5.74) is 4.95. The van der Waals surface area contributed by atoms with Gasteiger partial charge in [0.25, 0.3) is 11.8 Å². The van der Waals surface area contributed by atoms with E-state index < -0.39 is 11.9 Å². The predicted octanol–water partition coefficient (Wildman–Crippen LogP) is 8.52. The molecule has 0 radical (unpaired) electrons. The molecule has 17 heteroatoms. The van der Waals surface area contributed by atoms with Gasteiger partial charge in [0.1, 0.15) is 16.0 Å². The van der Waals surface area contributed by atoms with Gasteiger partial charge in [-0.2, -0.15) is 0 Å². The molecular weight excluding hydrogens is 971 g/mol. The number of aryl methyl sites for hydroxylation is 1. The minimum absolute atomic E-state index is 0.0831. The molecule has 8 rings (SSSR count). The molecule has 4 fully saturated rings. The average molecular weight is 1030 g/mol. The number of hydrogen-bond donors (Lipinski definition) is 0. The summed E-state index contributed by atoms with van der Waals surface area (Å²) in [6.45, 7) is 15.1. The highest BCUT2D eigenvalue weighted by molar-refractivity contribution is 9.10. The van der Waals surface area contributed by atoms with Crippen molar-refractivity contribution in [3.8, 4) is 0 Å². The lowest BCUT2D eigenvalue weighted by Crippen LogP contribution is -2.58. The largest absolute Gasteiger partial charge is 0.464 e. The van der Waals surface area contributed by atoms with Crippen LogP contribution in [0.1, 0.15) is 99.8 Å². The molecule has 0 spiro atoms. The van der Waals surface area contributed by atoms with E-state index in [0.29, 0.717) is 61.3 Å². The van der Waals surface area contributed by atoms with Crippen LogP contribution in [0, 0.1) is 6.92 Å². The van der Waals surface area contributed by atoms with Gasteiger partial charge in [0.05, 0.1) is 31.3 Å². The van der Waals surface area contributed by atoms with Crippen LogP contribution in [-0.2, 0) is 9.47 Å². The van der Waals surface area contributed by atoms with Crippen LogP contribution in [0.2, 0.25) is 10.0 Å². The molecule has 0 saturated carbocycles. The Morgan fingerprint density at radius 1 is 0.574 bits per heavy atom. The maximum absolute atomic E-state index is 12.9. The summed E-state index contributed by atoms with van der Waals surface area (Å²) in [6.07, 6.45) is 6.05. The van der Waals surface area contributed by atoms with Crippen LogP contribution in [0.3, 0.4) is 0 Å². The number of halogens is 3. The first-order valence-corrected chi connectivity index (χ1v) is 25.3. The molecule has 2 aromatic heterocycles. The smallest absolute Gasteiger partial charge is 0.356 e. The Morgan fingerprint density at radius 3 is 1.35 bits per heavy atom. The molecule has 4 aliphatic rings. The number of piperidine rings is 2. The van der Waals surface area contributed by atoms with E-state index in [0.717, 1.165) is 121 Å². The van der Waals surface area contributed by atoms with Crippen molar-refractivity contribution in [2.45, 2.75) is 83.5 Å². The molecule has 2 atom stereocenters. The van der Waals surface area contributed by atoms with E-state index in [1.165, 1.54) is 14.2 Å². The third-order valence-corrected chi connectivity index (χ3v) is 15.1. The van der Waals surface area contributed by atoms with Crippen molar-refractivity contribution < 1.29 is 28.7 Å². The zero-order valence-electron chi connectivity index (χ0n) is 39.7. The first kappa shape index (κ1) is 51.1. The number of rotatable bonds is 10. The summed E-state index contributed by atoms with van der Waals surface area (Å²) >= 11 is 15.5. The van der Waals surface area contributed by atoms with E-state index >= 15 is 0 Å². The average Bonchev–Trinajstić information content (AvgIpc) is 3.38. The van der Waals surface area contributed by atoms with E-state index in [-0.39, 0.29) is 11.8 Å². The quantitative estimate of drug-likeness (QED) is 0.112. The molecule has 14 nitrogen and oxygen atoms in total. The number of carbonyl (C=O) groups excluding carboxylic acids is 4. The van der Waals surface area contributed by atoms with Crippen molar-refractivity contribution in [2.75, 3.05) is 89.5 Å². The van der Waals surface area contributed by atoms with Gasteiger partial charge in [-0.3, -0.25) is 19.4 Å². The maximum Gasteiger partial charge on any atom is 0.356 e. The van der Waals surface area contributed by atoms with Crippen LogP contribution in [0.15, 0.2) is 77.4 Å². The van der Waals surface area contributed by atoms with E-state index in [1.54, 1.807) is 60.7 Å². The number of anilines is 2. The van der Waals surface area contributed by atoms with Crippen LogP contribution >= 0.6 is 39.1 Å². The normalized spacial score (nSPS) is 19.8. The number of methoxy groups -OCH3 is 2. The van der Waals surface area contributed by atoms with Crippen LogP contribution in [0.4, 0.5) is 11.4 Å². The van der Waals surface area contributed by atoms with Crippen molar-refractivity contribution in [1.29, 1.82) is 0 Å². The van der Waals surface area contributed by atoms with Gasteiger partial charge in [-0.25, -0.2) is 19.6 Å². The molecule has 2 amide bonds. The predicted molar refractivity (Wildman–Crippen MR) is 270 cm³/mol. The lowest BCUT2D eigenvalue weighted by Gasteiger charge is -2.48. The Morgan fingerprint density at radius 2 is 0.971 bits per heavy atom. The Hall–Kier alpha value is -4.80. The summed E-state index contributed by atoms with van der Waals surface area (Å²) in [4.78, 5) is 72.0. The SMILES string of the molecule is CC[C@H]1CN(c2ccc(C(=O)OC)nc2Br)CCN1C1CCN(C(=O)c2ccc(Cl)cc2)CC1.CC[C@H]1CN(c2ccc(C(=O)OC)nc2C)CCN1C1CCN(C(=O)c2ccc(Cl)cc2)CC1. The van der Waals surface area contributed by atoms with Gasteiger partial charge in [-0.1, -0.05) is 37.0 Å². The fraction of sp³-hybridized carbons (Fsp3) is 0.490. The number of amides is 2. The molecule has 2 aromatic carbocycles. The summed E-state index contributed by atoms with van der Waals surface area (Å²) < 4.78 is 10.2. The van der Waals surface area contributed by atoms with Gasteiger partial charge >= 0.3 is 11.9 Å². The van der Waals surface area contributed by atoms with Crippen molar-refractivity contribution in [1.82, 2.24) is 29.6 Å². The monoisotopic (exact) mass is 1030 g/mol. The van der Waals surface area contributed by atoms with Crippen molar-refractivity contribution >= 4 is 74.3 Å². The molecule has 0 unspecified atom stereocenters. The minimum atomic E-state index is -0.440. The molecule has 0 aliphatic carbocycles. The van der Waals surface area contributed by atoms with Crippen LogP contribution < -0.4 is 9.80 Å². The highest BCUT2D eigenvalue weighted by Crippen LogP contribution is 2.32. The van der Waals surface area contributed by atoms with E-state index in [9.17, 15) is 19.2 Å². The Balaban J connectivity index is 0.000000201. The second-order valence-electron chi connectivity index (χ2n) is 17.8. The fourth-order valence-electron chi connectivity index (χ4n) is 10.2. The number of carbonyl (C=O) groups is 4. The fourth-order valence-corrected chi connectivity index (χ4v) is 11.0. The highest BCUT2D eigenvalue weighted by Gasteiger charge is 2.36. The molecule has 6 heterocycles. The standard InChI is InChI=1S/C26H33ClN4O3.C25H30BrClN4O3/c1-4-21-17-30(24-10-9-23(26(33)34-3)28-18(24)2)15-16-31(21)22-11-13-29(14-12-22)25(32)19-5-7-20(27)8-6-19;1-3-19-16-30(22-9-8-21(25(33)34-2)28-23(22)26)14-15-31(19)20-10-12-29(13-11-20)24(32)17-4-6-18(27)7-5-17/h5-10,21-22H,4,11-17H2,1-3H3;4-9,19-20H,3,10-16H2,1-2H3/t21-;19-/m00/s1. The molecule has 0 N–H and O–H groups in total. The number of hydrogen-bond acceptors (Lipinski definition) is 12. The van der Waals surface area contributed by atoms with Crippen LogP contribution in [0.5, 0.6) is 0 Å². The molecule has 68 heavy (non-hydrogen) atoms. The molecule has 4 saturated heterocycles. The number of benzene rings is 2. The third kappa shape index (κ3) is 12.1. The van der Waals surface area contributed by atoms with Gasteiger partial charge in [-0.05, 0) is 134 Å². The lowest BCUT2D eigenvalue weighted by molar-refractivity contribution is 0.0486. The second-order valence-corrected chi connectivity index (χ2v) is 19.5. The van der Waals surface area contributed by atoms with Crippen LogP contribution in [-0.4, -0.2) is 157 Å². The van der Waals surface area contributed by atoms with Crippen molar-refractivity contribution in [2.24, 2.45) is 0 Å². The highest BCUT2D eigenvalue weighted by atomic mass is 79.9. The zero-order chi connectivity index (χ0) is 48.5. The van der Waals surface area contributed by atoms with Gasteiger partial charge < -0.3 is 29.1 Å². The number of piperazine rings is 2. The Kier molecular flexibility index (Phi) is 17.8. The number of esters is 2. The Labute approximate surface area is 419 Å². The van der Waals surface area contributed by atoms with Gasteiger partial charge in [0.15, 0.2) is 0 Å². The summed E-state index contributed by atoms with van der Waals surface area (Å²) in [7, 11) is 2.73. The molecule has 364 valence electrons. The van der Waals surface area contributed by atoms with Gasteiger partial charge in [-0.15, -0.1) is 0 Å². The number of pyridine rings is 2. The van der Waals surface area contributed by atoms with Crippen LogP contribution in [0.25, 0.3) is 0 Å². The number of likely N-dealkylation sites (tertiary alicyclic amines) is 2. The summed E-state index contributed by atoms with van der Waals surface area (Å²) in [5.74, 6) is -0.679. The van der Waals surface area contributed by atoms with E-state index in [1.807, 2.05) is 28.9 Å². The van der Waals surface area contributed by atoms with Gasteiger partial charge in [0.2, 0.25) is 0 Å². The lowest BCUT2D eigenvalue weighted by atomic mass is 9.97. The first-order chi connectivity index (χ1) is 32.8. The Bertz CT molecular complexity index is 2210. The third-order valence-electron chi connectivity index (χ3n) is 14.0. The van der Waals surface area contributed by atoms with Crippen molar-refractivity contribution in [3.63, 3.8) is 0 Å². The molecular formula is C51H63BrCl2N8O6. The second kappa shape index (κ2) is 23.7. The zero-order valence-corrected chi connectivity index (χ0v) is 42.8.